The number of hydrogen-bond acceptors (Lipinski definition) is 4. The molecule has 28 heavy (non-hydrogen) atoms. The zero-order valence-electron chi connectivity index (χ0n) is 17.0. The van der Waals surface area contributed by atoms with Crippen LogP contribution in [0.15, 0.2) is 30.3 Å². The first-order valence-electron chi connectivity index (χ1n) is 9.66. The van der Waals surface area contributed by atoms with E-state index in [0.29, 0.717) is 6.54 Å². The minimum Gasteiger partial charge on any atom is -0.357 e. The van der Waals surface area contributed by atoms with E-state index in [9.17, 15) is 9.59 Å². The first kappa shape index (κ1) is 20.1. The van der Waals surface area contributed by atoms with Crippen molar-refractivity contribution in [1.29, 1.82) is 0 Å². The molecule has 2 aromatic rings. The van der Waals surface area contributed by atoms with Crippen LogP contribution in [0, 0.1) is 5.41 Å². The summed E-state index contributed by atoms with van der Waals surface area (Å²) >= 11 is 0. The van der Waals surface area contributed by atoms with Gasteiger partial charge in [0.25, 0.3) is 0 Å². The molecule has 3 N–H and O–H groups in total. The number of carbonyl (C=O) groups is 2. The third-order valence-electron chi connectivity index (χ3n) is 5.00. The number of hydrogen-bond donors (Lipinski definition) is 3. The lowest BCUT2D eigenvalue weighted by molar-refractivity contribution is -0.131. The normalized spacial score (nSPS) is 14.9. The molecule has 0 saturated carbocycles. The Hall–Kier alpha value is -2.67. The van der Waals surface area contributed by atoms with Crippen LogP contribution in [-0.4, -0.2) is 41.0 Å². The Morgan fingerprint density at radius 1 is 1.25 bits per heavy atom. The number of imidazole rings is 1. The molecule has 7 nitrogen and oxygen atoms in total. The van der Waals surface area contributed by atoms with Gasteiger partial charge in [-0.15, -0.1) is 0 Å². The fourth-order valence-corrected chi connectivity index (χ4v) is 3.51. The molecule has 2 heterocycles. The minimum absolute atomic E-state index is 0.146. The summed E-state index contributed by atoms with van der Waals surface area (Å²) < 4.78 is 2.19. The highest BCUT2D eigenvalue weighted by Crippen LogP contribution is 2.25. The molecule has 0 unspecified atom stereocenters. The summed E-state index contributed by atoms with van der Waals surface area (Å²) in [6.45, 7) is 8.17. The number of likely N-dealkylation sites (N-methyl/N-ethyl adjacent to an activating group) is 1. The summed E-state index contributed by atoms with van der Waals surface area (Å²) in [5, 5.41) is 8.88. The highest BCUT2D eigenvalue weighted by molar-refractivity contribution is 5.88. The fraction of sp³-hybridized carbons (Fsp3) is 0.476. The van der Waals surface area contributed by atoms with Crippen molar-refractivity contribution in [2.45, 2.75) is 46.3 Å². The Morgan fingerprint density at radius 3 is 2.61 bits per heavy atom. The van der Waals surface area contributed by atoms with Crippen molar-refractivity contribution in [3.8, 4) is 11.4 Å². The third-order valence-corrected chi connectivity index (χ3v) is 5.00. The molecule has 0 radical (unpaired) electrons. The zero-order chi connectivity index (χ0) is 20.3. The van der Waals surface area contributed by atoms with Crippen molar-refractivity contribution in [3.05, 3.63) is 41.7 Å². The molecule has 150 valence electrons. The first-order chi connectivity index (χ1) is 13.3. The molecule has 0 fully saturated rings. The van der Waals surface area contributed by atoms with Gasteiger partial charge in [-0.25, -0.2) is 4.98 Å². The smallest absolute Gasteiger partial charge is 0.242 e. The predicted octanol–water partition coefficient (Wildman–Crippen LogP) is 1.47. The van der Waals surface area contributed by atoms with E-state index in [1.54, 1.807) is 7.05 Å². The molecular formula is C21H29N5O2. The van der Waals surface area contributed by atoms with Gasteiger partial charge in [0.1, 0.15) is 11.9 Å². The fourth-order valence-electron chi connectivity index (χ4n) is 3.51. The first-order valence-corrected chi connectivity index (χ1v) is 9.66. The van der Waals surface area contributed by atoms with Crippen molar-refractivity contribution >= 4 is 11.8 Å². The molecule has 3 rings (SSSR count). The molecule has 0 spiro atoms. The number of fused-ring (bicyclic) bond motifs is 1. The average molecular weight is 383 g/mol. The SMILES string of the molecule is CNC(=O)[C@@H](NC(=O)Cc1nc(-c2ccccc2)n2c1CNCC2)C(C)(C)C. The number of rotatable bonds is 5. The van der Waals surface area contributed by atoms with Crippen LogP contribution in [0.2, 0.25) is 0 Å². The number of nitrogens with one attached hydrogen (secondary N) is 3. The van der Waals surface area contributed by atoms with E-state index in [2.05, 4.69) is 20.5 Å². The molecule has 0 bridgehead atoms. The van der Waals surface area contributed by atoms with Crippen LogP contribution in [0.1, 0.15) is 32.2 Å². The van der Waals surface area contributed by atoms with Gasteiger partial charge < -0.3 is 20.5 Å². The summed E-state index contributed by atoms with van der Waals surface area (Å²) in [4.78, 5) is 29.8. The summed E-state index contributed by atoms with van der Waals surface area (Å²) in [7, 11) is 1.58. The number of aromatic nitrogens is 2. The van der Waals surface area contributed by atoms with Crippen molar-refractivity contribution in [3.63, 3.8) is 0 Å². The molecule has 1 atom stereocenters. The average Bonchev–Trinajstić information content (AvgIpc) is 3.04. The molecule has 7 heteroatoms. The maximum Gasteiger partial charge on any atom is 0.242 e. The topological polar surface area (TPSA) is 88.1 Å². The van der Waals surface area contributed by atoms with E-state index in [1.165, 1.54) is 0 Å². The standard InChI is InChI=1S/C21H29N5O2/c1-21(2,3)18(20(28)22-4)25-17(27)12-15-16-13-23-10-11-26(16)19(24-15)14-8-6-5-7-9-14/h5-9,18,23H,10-13H2,1-4H3,(H,22,28)(H,25,27)/t18-/m1/s1. The second-order valence-electron chi connectivity index (χ2n) is 8.18. The van der Waals surface area contributed by atoms with Gasteiger partial charge >= 0.3 is 0 Å². The molecule has 1 aliphatic rings. The molecule has 2 amide bonds. The van der Waals surface area contributed by atoms with Gasteiger partial charge in [0.05, 0.1) is 17.8 Å². The lowest BCUT2D eigenvalue weighted by Crippen LogP contribution is -2.53. The molecular weight excluding hydrogens is 354 g/mol. The molecule has 1 aliphatic heterocycles. The monoisotopic (exact) mass is 383 g/mol. The van der Waals surface area contributed by atoms with Crippen molar-refractivity contribution in [2.24, 2.45) is 5.41 Å². The Balaban J connectivity index is 1.85. The molecule has 1 aromatic heterocycles. The van der Waals surface area contributed by atoms with Crippen molar-refractivity contribution < 1.29 is 9.59 Å². The van der Waals surface area contributed by atoms with Gasteiger partial charge in [-0.3, -0.25) is 9.59 Å². The van der Waals surface area contributed by atoms with Crippen molar-refractivity contribution in [1.82, 2.24) is 25.5 Å². The number of amides is 2. The van der Waals surface area contributed by atoms with E-state index in [0.717, 1.165) is 35.9 Å². The van der Waals surface area contributed by atoms with E-state index >= 15 is 0 Å². The van der Waals surface area contributed by atoms with Crippen LogP contribution < -0.4 is 16.0 Å². The predicted molar refractivity (Wildman–Crippen MR) is 109 cm³/mol. The summed E-state index contributed by atoms with van der Waals surface area (Å²) in [6, 6.07) is 9.41. The Kier molecular flexibility index (Phi) is 5.84. The van der Waals surface area contributed by atoms with Crippen LogP contribution in [0.25, 0.3) is 11.4 Å². The van der Waals surface area contributed by atoms with Gasteiger partial charge in [-0.05, 0) is 5.41 Å². The zero-order valence-corrected chi connectivity index (χ0v) is 17.0. The maximum absolute atomic E-state index is 12.8. The van der Waals surface area contributed by atoms with Crippen LogP contribution in [0.3, 0.4) is 0 Å². The van der Waals surface area contributed by atoms with E-state index in [1.807, 2.05) is 51.1 Å². The number of nitrogens with zero attached hydrogens (tertiary/aromatic N) is 2. The Morgan fingerprint density at radius 2 is 1.96 bits per heavy atom. The largest absolute Gasteiger partial charge is 0.357 e. The maximum atomic E-state index is 12.8. The van der Waals surface area contributed by atoms with Crippen LogP contribution in [-0.2, 0) is 29.1 Å². The minimum atomic E-state index is -0.602. The van der Waals surface area contributed by atoms with Crippen molar-refractivity contribution in [2.75, 3.05) is 13.6 Å². The van der Waals surface area contributed by atoms with Gasteiger partial charge in [-0.1, -0.05) is 51.1 Å². The lowest BCUT2D eigenvalue weighted by atomic mass is 9.86. The highest BCUT2D eigenvalue weighted by atomic mass is 16.2. The van der Waals surface area contributed by atoms with Crippen LogP contribution in [0.5, 0.6) is 0 Å². The third kappa shape index (κ3) is 4.25. The Labute approximate surface area is 165 Å². The van der Waals surface area contributed by atoms with Gasteiger partial charge in [-0.2, -0.15) is 0 Å². The Bertz CT molecular complexity index is 852. The van der Waals surface area contributed by atoms with Crippen LogP contribution >= 0.6 is 0 Å². The second kappa shape index (κ2) is 8.14. The van der Waals surface area contributed by atoms with E-state index in [-0.39, 0.29) is 23.7 Å². The highest BCUT2D eigenvalue weighted by Gasteiger charge is 2.32. The quantitative estimate of drug-likeness (QED) is 0.730. The summed E-state index contributed by atoms with van der Waals surface area (Å²) in [5.41, 5.74) is 2.44. The number of benzene rings is 1. The second-order valence-corrected chi connectivity index (χ2v) is 8.18. The van der Waals surface area contributed by atoms with E-state index < -0.39 is 6.04 Å². The molecule has 0 saturated heterocycles. The van der Waals surface area contributed by atoms with Gasteiger partial charge in [0.2, 0.25) is 11.8 Å². The summed E-state index contributed by atoms with van der Waals surface area (Å²) in [6.07, 6.45) is 0.146. The molecule has 1 aromatic carbocycles. The summed E-state index contributed by atoms with van der Waals surface area (Å²) in [5.74, 6) is 0.493. The van der Waals surface area contributed by atoms with E-state index in [4.69, 9.17) is 4.98 Å². The van der Waals surface area contributed by atoms with Gasteiger partial charge in [0, 0.05) is 32.2 Å². The van der Waals surface area contributed by atoms with Crippen LogP contribution in [0.4, 0.5) is 0 Å². The lowest BCUT2D eigenvalue weighted by Gasteiger charge is -2.29. The number of carbonyl (C=O) groups excluding carboxylic acids is 2. The molecule has 0 aliphatic carbocycles. The van der Waals surface area contributed by atoms with Gasteiger partial charge in [0.15, 0.2) is 0 Å².